The number of benzene rings is 1. The van der Waals surface area contributed by atoms with Gasteiger partial charge in [0.1, 0.15) is 0 Å². The van der Waals surface area contributed by atoms with E-state index in [1.165, 1.54) is 0 Å². The van der Waals surface area contributed by atoms with Gasteiger partial charge in [-0.05, 0) is 32.4 Å². The van der Waals surface area contributed by atoms with Gasteiger partial charge in [0.25, 0.3) is 0 Å². The lowest BCUT2D eigenvalue weighted by Gasteiger charge is -2.24. The van der Waals surface area contributed by atoms with Crippen LogP contribution in [-0.4, -0.2) is 19.8 Å². The molecule has 0 amide bonds. The predicted molar refractivity (Wildman–Crippen MR) is 66.2 cm³/mol. The van der Waals surface area contributed by atoms with E-state index in [-0.39, 0.29) is 4.90 Å². The molecule has 3 nitrogen and oxygen atoms in total. The molecule has 0 aliphatic heterocycles. The summed E-state index contributed by atoms with van der Waals surface area (Å²) in [7, 11) is -3.45. The second-order valence-electron chi connectivity index (χ2n) is 4.24. The first-order valence-corrected chi connectivity index (χ1v) is 7.04. The average molecular weight is 262 g/mol. The zero-order valence-corrected chi connectivity index (χ0v) is 11.0. The number of nitrogens with one attached hydrogen (secondary N) is 1. The Morgan fingerprint density at radius 3 is 2.31 bits per heavy atom. The first-order valence-electron chi connectivity index (χ1n) is 5.02. The molecule has 0 fully saturated rings. The molecular weight excluding hydrogens is 246 g/mol. The molecular formula is C11H16ClNO2S. The number of hydrogen-bond donors (Lipinski definition) is 1. The molecule has 1 aromatic rings. The van der Waals surface area contributed by atoms with Gasteiger partial charge in [0, 0.05) is 11.4 Å². The lowest BCUT2D eigenvalue weighted by atomic mass is 10.0. The number of rotatable bonds is 5. The van der Waals surface area contributed by atoms with Crippen LogP contribution in [0.5, 0.6) is 0 Å². The maximum atomic E-state index is 12.0. The van der Waals surface area contributed by atoms with Gasteiger partial charge in [0.15, 0.2) is 0 Å². The van der Waals surface area contributed by atoms with Crippen molar-refractivity contribution in [2.24, 2.45) is 0 Å². The van der Waals surface area contributed by atoms with Gasteiger partial charge >= 0.3 is 0 Å². The minimum absolute atomic E-state index is 0.276. The van der Waals surface area contributed by atoms with Crippen molar-refractivity contribution < 1.29 is 8.42 Å². The van der Waals surface area contributed by atoms with E-state index in [1.54, 1.807) is 30.3 Å². The van der Waals surface area contributed by atoms with E-state index in [4.69, 9.17) is 11.6 Å². The van der Waals surface area contributed by atoms with Crippen LogP contribution >= 0.6 is 11.6 Å². The van der Waals surface area contributed by atoms with Crippen molar-refractivity contribution in [3.8, 4) is 0 Å². The first-order chi connectivity index (χ1) is 7.37. The smallest absolute Gasteiger partial charge is 0.207 e. The highest BCUT2D eigenvalue weighted by molar-refractivity contribution is 7.89. The lowest BCUT2D eigenvalue weighted by molar-refractivity contribution is 0.441. The Labute approximate surface area is 102 Å². The monoisotopic (exact) mass is 261 g/mol. The summed E-state index contributed by atoms with van der Waals surface area (Å²) in [6, 6.07) is 8.31. The van der Waals surface area contributed by atoms with E-state index in [1.807, 2.05) is 13.8 Å². The van der Waals surface area contributed by atoms with E-state index in [9.17, 15) is 8.42 Å². The Bertz CT molecular complexity index is 429. The van der Waals surface area contributed by atoms with Crippen molar-refractivity contribution in [3.63, 3.8) is 0 Å². The highest BCUT2D eigenvalue weighted by atomic mass is 35.5. The van der Waals surface area contributed by atoms with Crippen molar-refractivity contribution in [2.75, 3.05) is 5.88 Å². The third kappa shape index (κ3) is 3.77. The molecule has 90 valence electrons. The van der Waals surface area contributed by atoms with Crippen molar-refractivity contribution in [1.82, 2.24) is 4.72 Å². The number of halogens is 1. The minimum atomic E-state index is -3.45. The van der Waals surface area contributed by atoms with Crippen LogP contribution in [0.4, 0.5) is 0 Å². The molecule has 5 heteroatoms. The molecule has 0 unspecified atom stereocenters. The van der Waals surface area contributed by atoms with Crippen molar-refractivity contribution in [1.29, 1.82) is 0 Å². The van der Waals surface area contributed by atoms with Crippen molar-refractivity contribution in [2.45, 2.75) is 30.7 Å². The second-order valence-corrected chi connectivity index (χ2v) is 6.30. The summed E-state index contributed by atoms with van der Waals surface area (Å²) in [5, 5.41) is 0. The van der Waals surface area contributed by atoms with Gasteiger partial charge in [0.05, 0.1) is 4.90 Å². The summed E-state index contributed by atoms with van der Waals surface area (Å²) in [4.78, 5) is 0.276. The molecule has 0 heterocycles. The molecule has 0 bridgehead atoms. The van der Waals surface area contributed by atoms with Gasteiger partial charge in [-0.3, -0.25) is 0 Å². The first kappa shape index (κ1) is 13.5. The molecule has 0 aliphatic carbocycles. The van der Waals surface area contributed by atoms with Gasteiger partial charge in [0.2, 0.25) is 10.0 Å². The molecule has 0 saturated carbocycles. The Morgan fingerprint density at radius 1 is 1.25 bits per heavy atom. The Morgan fingerprint density at radius 2 is 1.81 bits per heavy atom. The number of alkyl halides is 1. The molecule has 1 rings (SSSR count). The Kier molecular flexibility index (Phi) is 4.35. The minimum Gasteiger partial charge on any atom is -0.207 e. The van der Waals surface area contributed by atoms with Crippen LogP contribution in [0.3, 0.4) is 0 Å². The summed E-state index contributed by atoms with van der Waals surface area (Å²) in [5.74, 6) is 0.421. The molecule has 1 aromatic carbocycles. The standard InChI is InChI=1S/C11H16ClNO2S/c1-11(2,8-9-12)13-16(14,15)10-6-4-3-5-7-10/h3-7,13H,8-9H2,1-2H3. The van der Waals surface area contributed by atoms with Gasteiger partial charge in [-0.2, -0.15) is 0 Å². The Hall–Kier alpha value is -0.580. The molecule has 1 N–H and O–H groups in total. The Balaban J connectivity index is 2.89. The highest BCUT2D eigenvalue weighted by Gasteiger charge is 2.25. The SMILES string of the molecule is CC(C)(CCCl)NS(=O)(=O)c1ccccc1. The van der Waals surface area contributed by atoms with Gasteiger partial charge < -0.3 is 0 Å². The van der Waals surface area contributed by atoms with Crippen molar-refractivity contribution >= 4 is 21.6 Å². The topological polar surface area (TPSA) is 46.2 Å². The maximum Gasteiger partial charge on any atom is 0.241 e. The van der Waals surface area contributed by atoms with Crippen LogP contribution in [0.25, 0.3) is 0 Å². The van der Waals surface area contributed by atoms with Crippen LogP contribution in [-0.2, 0) is 10.0 Å². The summed E-state index contributed by atoms with van der Waals surface area (Å²) < 4.78 is 26.6. The fourth-order valence-electron chi connectivity index (χ4n) is 1.31. The van der Waals surface area contributed by atoms with Crippen LogP contribution in [0.1, 0.15) is 20.3 Å². The third-order valence-electron chi connectivity index (χ3n) is 2.18. The highest BCUT2D eigenvalue weighted by Crippen LogP contribution is 2.15. The maximum absolute atomic E-state index is 12.0. The van der Waals surface area contributed by atoms with Crippen LogP contribution < -0.4 is 4.72 Å². The molecule has 0 spiro atoms. The summed E-state index contributed by atoms with van der Waals surface area (Å²) in [5.41, 5.74) is -0.531. The van der Waals surface area contributed by atoms with E-state index < -0.39 is 15.6 Å². The molecule has 0 radical (unpaired) electrons. The second kappa shape index (κ2) is 5.17. The quantitative estimate of drug-likeness (QED) is 0.828. The van der Waals surface area contributed by atoms with Crippen LogP contribution in [0.2, 0.25) is 0 Å². The lowest BCUT2D eigenvalue weighted by Crippen LogP contribution is -2.43. The van der Waals surface area contributed by atoms with Gasteiger partial charge in [-0.1, -0.05) is 18.2 Å². The molecule has 0 atom stereocenters. The zero-order chi connectivity index (χ0) is 12.2. The fraction of sp³-hybridized carbons (Fsp3) is 0.455. The van der Waals surface area contributed by atoms with Gasteiger partial charge in [-0.15, -0.1) is 11.6 Å². The zero-order valence-electron chi connectivity index (χ0n) is 9.40. The van der Waals surface area contributed by atoms with E-state index >= 15 is 0 Å². The van der Waals surface area contributed by atoms with Crippen LogP contribution in [0, 0.1) is 0 Å². The fourth-order valence-corrected chi connectivity index (χ4v) is 3.24. The third-order valence-corrected chi connectivity index (χ3v) is 4.09. The number of hydrogen-bond acceptors (Lipinski definition) is 2. The molecule has 0 aliphatic rings. The molecule has 0 saturated heterocycles. The van der Waals surface area contributed by atoms with E-state index in [0.29, 0.717) is 12.3 Å². The van der Waals surface area contributed by atoms with E-state index in [2.05, 4.69) is 4.72 Å². The van der Waals surface area contributed by atoms with Crippen LogP contribution in [0.15, 0.2) is 35.2 Å². The number of sulfonamides is 1. The van der Waals surface area contributed by atoms with Gasteiger partial charge in [-0.25, -0.2) is 13.1 Å². The van der Waals surface area contributed by atoms with Crippen molar-refractivity contribution in [3.05, 3.63) is 30.3 Å². The summed E-state index contributed by atoms with van der Waals surface area (Å²) >= 11 is 5.63. The molecule has 0 aromatic heterocycles. The van der Waals surface area contributed by atoms with E-state index in [0.717, 1.165) is 0 Å². The predicted octanol–water partition coefficient (Wildman–Crippen LogP) is 2.37. The largest absolute Gasteiger partial charge is 0.241 e. The average Bonchev–Trinajstić information content (AvgIpc) is 2.17. The molecule has 16 heavy (non-hydrogen) atoms. The summed E-state index contributed by atoms with van der Waals surface area (Å²) in [6.07, 6.45) is 0.584. The summed E-state index contributed by atoms with van der Waals surface area (Å²) in [6.45, 7) is 3.63. The normalized spacial score (nSPS) is 12.7.